The van der Waals surface area contributed by atoms with E-state index in [9.17, 15) is 18.8 Å². The summed E-state index contributed by atoms with van der Waals surface area (Å²) in [7, 11) is 0. The van der Waals surface area contributed by atoms with Gasteiger partial charge >= 0.3 is 5.69 Å². The zero-order chi connectivity index (χ0) is 17.0. The van der Waals surface area contributed by atoms with E-state index in [0.29, 0.717) is 11.3 Å². The molecular weight excluding hydrogens is 301 g/mol. The van der Waals surface area contributed by atoms with Crippen LogP contribution in [0.15, 0.2) is 33.9 Å². The van der Waals surface area contributed by atoms with Gasteiger partial charge in [-0.25, -0.2) is 9.18 Å². The number of benzene rings is 1. The van der Waals surface area contributed by atoms with Crippen LogP contribution in [0.2, 0.25) is 0 Å². The van der Waals surface area contributed by atoms with Gasteiger partial charge in [-0.05, 0) is 38.0 Å². The Bertz CT molecular complexity index is 809. The largest absolute Gasteiger partial charge is 0.350 e. The fraction of sp³-hybridized carbons (Fsp3) is 0.312. The van der Waals surface area contributed by atoms with Crippen LogP contribution in [0.5, 0.6) is 0 Å². The second-order valence-corrected chi connectivity index (χ2v) is 5.35. The second-order valence-electron chi connectivity index (χ2n) is 5.35. The topological polar surface area (TPSA) is 94.8 Å². The van der Waals surface area contributed by atoms with Crippen LogP contribution in [0.25, 0.3) is 0 Å². The summed E-state index contributed by atoms with van der Waals surface area (Å²) < 4.78 is 12.9. The van der Waals surface area contributed by atoms with Gasteiger partial charge in [-0.2, -0.15) is 0 Å². The van der Waals surface area contributed by atoms with E-state index in [-0.39, 0.29) is 30.6 Å². The molecule has 0 fully saturated rings. The van der Waals surface area contributed by atoms with E-state index in [0.717, 1.165) is 5.56 Å². The SMILES string of the molecule is Cc1[nH]c(=O)[nH]c(=O)c1CCC(=O)N[C@@H](C)c1ccc(F)cc1. The third-order valence-corrected chi connectivity index (χ3v) is 3.60. The van der Waals surface area contributed by atoms with E-state index in [4.69, 9.17) is 0 Å². The van der Waals surface area contributed by atoms with E-state index in [2.05, 4.69) is 15.3 Å². The summed E-state index contributed by atoms with van der Waals surface area (Å²) in [4.78, 5) is 39.4. The lowest BCUT2D eigenvalue weighted by molar-refractivity contribution is -0.121. The van der Waals surface area contributed by atoms with Gasteiger partial charge in [0.05, 0.1) is 6.04 Å². The van der Waals surface area contributed by atoms with Crippen LogP contribution >= 0.6 is 0 Å². The van der Waals surface area contributed by atoms with Crippen molar-refractivity contribution in [3.8, 4) is 0 Å². The normalized spacial score (nSPS) is 12.0. The Balaban J connectivity index is 1.96. The Morgan fingerprint density at radius 1 is 1.22 bits per heavy atom. The number of carbonyl (C=O) groups is 1. The number of H-pyrrole nitrogens is 2. The first-order valence-corrected chi connectivity index (χ1v) is 7.23. The summed E-state index contributed by atoms with van der Waals surface area (Å²) in [5, 5.41) is 2.79. The third-order valence-electron chi connectivity index (χ3n) is 3.60. The van der Waals surface area contributed by atoms with E-state index in [1.54, 1.807) is 26.0 Å². The maximum atomic E-state index is 12.9. The molecule has 2 rings (SSSR count). The molecule has 1 aromatic carbocycles. The van der Waals surface area contributed by atoms with E-state index >= 15 is 0 Å². The molecule has 0 radical (unpaired) electrons. The number of halogens is 1. The lowest BCUT2D eigenvalue weighted by Crippen LogP contribution is -2.30. The molecule has 1 amide bonds. The second kappa shape index (κ2) is 7.04. The lowest BCUT2D eigenvalue weighted by Gasteiger charge is -2.14. The van der Waals surface area contributed by atoms with Crippen LogP contribution in [-0.4, -0.2) is 15.9 Å². The summed E-state index contributed by atoms with van der Waals surface area (Å²) in [6, 6.07) is 5.62. The highest BCUT2D eigenvalue weighted by atomic mass is 19.1. The highest BCUT2D eigenvalue weighted by Gasteiger charge is 2.12. The van der Waals surface area contributed by atoms with Crippen LogP contribution in [-0.2, 0) is 11.2 Å². The summed E-state index contributed by atoms with van der Waals surface area (Å²) in [5.74, 6) is -0.563. The quantitative estimate of drug-likeness (QED) is 0.775. The molecule has 1 aromatic heterocycles. The maximum Gasteiger partial charge on any atom is 0.325 e. The number of aromatic amines is 2. The van der Waals surface area contributed by atoms with Crippen molar-refractivity contribution in [2.45, 2.75) is 32.7 Å². The molecule has 0 unspecified atom stereocenters. The van der Waals surface area contributed by atoms with Gasteiger partial charge in [-0.15, -0.1) is 0 Å². The third kappa shape index (κ3) is 4.38. The number of hydrogen-bond acceptors (Lipinski definition) is 3. The minimum atomic E-state index is -0.564. The number of nitrogens with one attached hydrogen (secondary N) is 3. The smallest absolute Gasteiger partial charge is 0.325 e. The van der Waals surface area contributed by atoms with E-state index < -0.39 is 11.2 Å². The van der Waals surface area contributed by atoms with Gasteiger partial charge in [0, 0.05) is 17.7 Å². The number of aromatic nitrogens is 2. The number of hydrogen-bond donors (Lipinski definition) is 3. The van der Waals surface area contributed by atoms with E-state index in [1.807, 2.05) is 0 Å². The minimum Gasteiger partial charge on any atom is -0.350 e. The molecule has 0 aliphatic carbocycles. The van der Waals surface area contributed by atoms with Gasteiger partial charge in [0.15, 0.2) is 0 Å². The Hall–Kier alpha value is -2.70. The number of aryl methyl sites for hydroxylation is 1. The highest BCUT2D eigenvalue weighted by Crippen LogP contribution is 2.13. The first kappa shape index (κ1) is 16.7. The van der Waals surface area contributed by atoms with Gasteiger partial charge in [0.2, 0.25) is 5.91 Å². The molecule has 23 heavy (non-hydrogen) atoms. The Labute approximate surface area is 131 Å². The summed E-state index contributed by atoms with van der Waals surface area (Å²) >= 11 is 0. The molecule has 0 saturated carbocycles. The lowest BCUT2D eigenvalue weighted by atomic mass is 10.1. The molecular formula is C16H18FN3O3. The van der Waals surface area contributed by atoms with Crippen LogP contribution < -0.4 is 16.6 Å². The Kier molecular flexibility index (Phi) is 5.10. The summed E-state index contributed by atoms with van der Waals surface area (Å²) in [5.41, 5.74) is 0.585. The fourth-order valence-electron chi connectivity index (χ4n) is 2.31. The molecule has 6 nitrogen and oxygen atoms in total. The molecule has 0 bridgehead atoms. The van der Waals surface area contributed by atoms with Crippen molar-refractivity contribution in [2.75, 3.05) is 0 Å². The molecule has 1 atom stereocenters. The van der Waals surface area contributed by atoms with Gasteiger partial charge in [-0.1, -0.05) is 12.1 Å². The predicted octanol–water partition coefficient (Wildman–Crippen LogP) is 1.32. The van der Waals surface area contributed by atoms with Crippen molar-refractivity contribution in [1.82, 2.24) is 15.3 Å². The number of carbonyl (C=O) groups excluding carboxylic acids is 1. The molecule has 3 N–H and O–H groups in total. The van der Waals surface area contributed by atoms with Gasteiger partial charge < -0.3 is 10.3 Å². The zero-order valence-corrected chi connectivity index (χ0v) is 12.9. The molecule has 0 aliphatic rings. The maximum absolute atomic E-state index is 12.9. The molecule has 122 valence electrons. The molecule has 0 saturated heterocycles. The summed E-state index contributed by atoms with van der Waals surface area (Å²) in [6.07, 6.45) is 0.335. The van der Waals surface area contributed by atoms with Gasteiger partial charge in [0.1, 0.15) is 5.82 Å². The first-order chi connectivity index (χ1) is 10.9. The number of rotatable bonds is 5. The number of amides is 1. The van der Waals surface area contributed by atoms with Gasteiger partial charge in [0.25, 0.3) is 5.56 Å². The standard InChI is InChI=1S/C16H18FN3O3/c1-9(11-3-5-12(17)6-4-11)18-14(21)8-7-13-10(2)19-16(23)20-15(13)22/h3-6,9H,7-8H2,1-2H3,(H,18,21)(H2,19,20,22,23)/t9-/m0/s1. The van der Waals surface area contributed by atoms with Crippen molar-refractivity contribution in [2.24, 2.45) is 0 Å². The Morgan fingerprint density at radius 2 is 1.87 bits per heavy atom. The van der Waals surface area contributed by atoms with Crippen molar-refractivity contribution >= 4 is 5.91 Å². The molecule has 7 heteroatoms. The molecule has 0 aliphatic heterocycles. The van der Waals surface area contributed by atoms with Crippen LogP contribution in [0, 0.1) is 12.7 Å². The molecule has 1 heterocycles. The van der Waals surface area contributed by atoms with Crippen molar-refractivity contribution in [3.05, 3.63) is 67.7 Å². The van der Waals surface area contributed by atoms with Gasteiger partial charge in [-0.3, -0.25) is 14.6 Å². The van der Waals surface area contributed by atoms with Crippen LogP contribution in [0.4, 0.5) is 4.39 Å². The first-order valence-electron chi connectivity index (χ1n) is 7.23. The minimum absolute atomic E-state index is 0.113. The summed E-state index contributed by atoms with van der Waals surface area (Å²) in [6.45, 7) is 3.41. The molecule has 0 spiro atoms. The van der Waals surface area contributed by atoms with Crippen LogP contribution in [0.3, 0.4) is 0 Å². The fourth-order valence-corrected chi connectivity index (χ4v) is 2.31. The zero-order valence-electron chi connectivity index (χ0n) is 12.9. The van der Waals surface area contributed by atoms with Crippen molar-refractivity contribution in [1.29, 1.82) is 0 Å². The average molecular weight is 319 g/mol. The molecule has 2 aromatic rings. The monoisotopic (exact) mass is 319 g/mol. The van der Waals surface area contributed by atoms with Crippen molar-refractivity contribution in [3.63, 3.8) is 0 Å². The predicted molar refractivity (Wildman–Crippen MR) is 83.7 cm³/mol. The highest BCUT2D eigenvalue weighted by molar-refractivity contribution is 5.76. The van der Waals surface area contributed by atoms with E-state index in [1.165, 1.54) is 12.1 Å². The Morgan fingerprint density at radius 3 is 2.48 bits per heavy atom. The van der Waals surface area contributed by atoms with Crippen LogP contribution in [0.1, 0.15) is 36.2 Å². The van der Waals surface area contributed by atoms with Crippen molar-refractivity contribution < 1.29 is 9.18 Å². The average Bonchev–Trinajstić information content (AvgIpc) is 2.46.